The summed E-state index contributed by atoms with van der Waals surface area (Å²) in [7, 11) is 0. The number of cyclic esters (lactones) is 1. The number of benzene rings is 1. The molecular weight excluding hydrogens is 192 g/mol. The summed E-state index contributed by atoms with van der Waals surface area (Å²) in [6.07, 6.45) is -0.542. The molecule has 1 saturated heterocycles. The highest BCUT2D eigenvalue weighted by molar-refractivity contribution is 5.70. The Labute approximate surface area is 78.7 Å². The average molecular weight is 199 g/mol. The molecule has 3 nitrogen and oxygen atoms in total. The van der Waals surface area contributed by atoms with E-state index in [2.05, 4.69) is 10.1 Å². The molecule has 2 rings (SSSR count). The molecule has 0 bridgehead atoms. The van der Waals surface area contributed by atoms with Gasteiger partial charge in [-0.15, -0.1) is 0 Å². The summed E-state index contributed by atoms with van der Waals surface area (Å²) in [5, 5.41) is 2.47. The highest BCUT2D eigenvalue weighted by Crippen LogP contribution is 2.19. The Kier molecular flexibility index (Phi) is 2.07. The Morgan fingerprint density at radius 3 is 2.71 bits per heavy atom. The largest absolute Gasteiger partial charge is 0.447 e. The maximum Gasteiger partial charge on any atom is 0.407 e. The molecule has 0 aliphatic carbocycles. The SMILES string of the molecule is O=C1N[C@H](c2ccc(F)c(F)c2)CO1. The van der Waals surface area contributed by atoms with Crippen LogP contribution < -0.4 is 5.32 Å². The van der Waals surface area contributed by atoms with Gasteiger partial charge in [-0.05, 0) is 17.7 Å². The smallest absolute Gasteiger partial charge is 0.407 e. The molecule has 1 aromatic rings. The summed E-state index contributed by atoms with van der Waals surface area (Å²) >= 11 is 0. The summed E-state index contributed by atoms with van der Waals surface area (Å²) in [4.78, 5) is 10.7. The van der Waals surface area contributed by atoms with Crippen LogP contribution in [0.5, 0.6) is 0 Å². The van der Waals surface area contributed by atoms with Gasteiger partial charge in [0, 0.05) is 0 Å². The van der Waals surface area contributed by atoms with Gasteiger partial charge in [-0.1, -0.05) is 6.07 Å². The molecule has 1 amide bonds. The molecule has 0 spiro atoms. The van der Waals surface area contributed by atoms with Crippen molar-refractivity contribution in [2.75, 3.05) is 6.61 Å². The van der Waals surface area contributed by atoms with E-state index in [0.29, 0.717) is 5.56 Å². The average Bonchev–Trinajstić information content (AvgIpc) is 2.57. The van der Waals surface area contributed by atoms with E-state index in [1.165, 1.54) is 6.07 Å². The fraction of sp³-hybridized carbons (Fsp3) is 0.222. The summed E-state index contributed by atoms with van der Waals surface area (Å²) in [6, 6.07) is 3.10. The number of rotatable bonds is 1. The zero-order valence-corrected chi connectivity index (χ0v) is 7.09. The molecule has 5 heteroatoms. The van der Waals surface area contributed by atoms with E-state index in [1.54, 1.807) is 0 Å². The second kappa shape index (κ2) is 3.25. The highest BCUT2D eigenvalue weighted by Gasteiger charge is 2.24. The second-order valence-electron chi connectivity index (χ2n) is 2.97. The van der Waals surface area contributed by atoms with Crippen LogP contribution in [0.25, 0.3) is 0 Å². The molecule has 1 aliphatic rings. The number of carbonyl (C=O) groups is 1. The third-order valence-electron chi connectivity index (χ3n) is 2.02. The minimum absolute atomic E-state index is 0.143. The number of alkyl carbamates (subject to hydrolysis) is 1. The molecule has 0 unspecified atom stereocenters. The molecule has 1 heterocycles. The number of ether oxygens (including phenoxy) is 1. The third kappa shape index (κ3) is 1.53. The van der Waals surface area contributed by atoms with E-state index >= 15 is 0 Å². The summed E-state index contributed by atoms with van der Waals surface area (Å²) in [5.74, 6) is -1.83. The maximum absolute atomic E-state index is 12.8. The summed E-state index contributed by atoms with van der Waals surface area (Å²) < 4.78 is 30.0. The van der Waals surface area contributed by atoms with Crippen molar-refractivity contribution >= 4 is 6.09 Å². The van der Waals surface area contributed by atoms with E-state index < -0.39 is 23.8 Å². The quantitative estimate of drug-likeness (QED) is 0.748. The molecule has 0 radical (unpaired) electrons. The van der Waals surface area contributed by atoms with Crippen LogP contribution in [0, 0.1) is 11.6 Å². The topological polar surface area (TPSA) is 38.3 Å². The zero-order chi connectivity index (χ0) is 10.1. The monoisotopic (exact) mass is 199 g/mol. The van der Waals surface area contributed by atoms with Gasteiger partial charge in [0.25, 0.3) is 0 Å². The molecule has 0 aromatic heterocycles. The van der Waals surface area contributed by atoms with Crippen molar-refractivity contribution in [1.82, 2.24) is 5.32 Å². The van der Waals surface area contributed by atoms with Crippen molar-refractivity contribution in [2.24, 2.45) is 0 Å². The molecule has 1 N–H and O–H groups in total. The normalized spacial score (nSPS) is 20.4. The minimum Gasteiger partial charge on any atom is -0.447 e. The third-order valence-corrected chi connectivity index (χ3v) is 2.02. The van der Waals surface area contributed by atoms with Crippen molar-refractivity contribution < 1.29 is 18.3 Å². The zero-order valence-electron chi connectivity index (χ0n) is 7.09. The van der Waals surface area contributed by atoms with Crippen molar-refractivity contribution in [3.63, 3.8) is 0 Å². The van der Waals surface area contributed by atoms with E-state index in [0.717, 1.165) is 12.1 Å². The number of nitrogens with one attached hydrogen (secondary N) is 1. The lowest BCUT2D eigenvalue weighted by atomic mass is 10.1. The van der Waals surface area contributed by atoms with Gasteiger partial charge in [0.15, 0.2) is 11.6 Å². The Morgan fingerprint density at radius 2 is 2.14 bits per heavy atom. The van der Waals surface area contributed by atoms with Gasteiger partial charge in [-0.2, -0.15) is 0 Å². The lowest BCUT2D eigenvalue weighted by Crippen LogP contribution is -2.18. The molecule has 1 atom stereocenters. The van der Waals surface area contributed by atoms with Crippen molar-refractivity contribution in [3.8, 4) is 0 Å². The first-order chi connectivity index (χ1) is 6.66. The Hall–Kier alpha value is -1.65. The molecule has 74 valence electrons. The van der Waals surface area contributed by atoms with Crippen LogP contribution in [-0.4, -0.2) is 12.7 Å². The molecule has 1 fully saturated rings. The van der Waals surface area contributed by atoms with E-state index in [1.807, 2.05) is 0 Å². The first-order valence-corrected chi connectivity index (χ1v) is 4.05. The van der Waals surface area contributed by atoms with Crippen molar-refractivity contribution in [3.05, 3.63) is 35.4 Å². The molecule has 1 aliphatic heterocycles. The van der Waals surface area contributed by atoms with Gasteiger partial charge in [-0.25, -0.2) is 13.6 Å². The maximum atomic E-state index is 12.8. The Bertz CT molecular complexity index is 381. The number of amides is 1. The van der Waals surface area contributed by atoms with Crippen LogP contribution in [0.15, 0.2) is 18.2 Å². The fourth-order valence-corrected chi connectivity index (χ4v) is 1.29. The van der Waals surface area contributed by atoms with E-state index in [9.17, 15) is 13.6 Å². The standard InChI is InChI=1S/C9H7F2NO2/c10-6-2-1-5(3-7(6)11)8-4-14-9(13)12-8/h1-3,8H,4H2,(H,12,13)/t8-/m0/s1. The Balaban J connectivity index is 2.24. The fourth-order valence-electron chi connectivity index (χ4n) is 1.29. The predicted octanol–water partition coefficient (Wildman–Crippen LogP) is 1.75. The van der Waals surface area contributed by atoms with Gasteiger partial charge < -0.3 is 10.1 Å². The van der Waals surface area contributed by atoms with Crippen LogP contribution in [0.1, 0.15) is 11.6 Å². The number of halogens is 2. The molecule has 0 saturated carbocycles. The van der Waals surface area contributed by atoms with Gasteiger partial charge >= 0.3 is 6.09 Å². The first-order valence-electron chi connectivity index (χ1n) is 4.05. The molecule has 1 aromatic carbocycles. The van der Waals surface area contributed by atoms with Crippen molar-refractivity contribution in [2.45, 2.75) is 6.04 Å². The first kappa shape index (κ1) is 8.93. The lowest BCUT2D eigenvalue weighted by Gasteiger charge is -2.07. The summed E-state index contributed by atoms with van der Waals surface area (Å²) in [5.41, 5.74) is 0.495. The van der Waals surface area contributed by atoms with Crippen LogP contribution in [0.3, 0.4) is 0 Å². The summed E-state index contributed by atoms with van der Waals surface area (Å²) in [6.45, 7) is 0.143. The van der Waals surface area contributed by atoms with Gasteiger partial charge in [0.1, 0.15) is 6.61 Å². The number of hydrogen-bond acceptors (Lipinski definition) is 2. The van der Waals surface area contributed by atoms with Crippen LogP contribution in [0.2, 0.25) is 0 Å². The number of hydrogen-bond donors (Lipinski definition) is 1. The molecule has 14 heavy (non-hydrogen) atoms. The minimum atomic E-state index is -0.927. The van der Waals surface area contributed by atoms with Crippen molar-refractivity contribution in [1.29, 1.82) is 0 Å². The van der Waals surface area contributed by atoms with Gasteiger partial charge in [-0.3, -0.25) is 0 Å². The number of carbonyl (C=O) groups excluding carboxylic acids is 1. The highest BCUT2D eigenvalue weighted by atomic mass is 19.2. The van der Waals surface area contributed by atoms with Crippen LogP contribution >= 0.6 is 0 Å². The van der Waals surface area contributed by atoms with Gasteiger partial charge in [0.05, 0.1) is 6.04 Å². The lowest BCUT2D eigenvalue weighted by molar-refractivity contribution is 0.177. The van der Waals surface area contributed by atoms with Crippen LogP contribution in [-0.2, 0) is 4.74 Å². The predicted molar refractivity (Wildman–Crippen MR) is 43.6 cm³/mol. The van der Waals surface area contributed by atoms with Crippen LogP contribution in [0.4, 0.5) is 13.6 Å². The van der Waals surface area contributed by atoms with Gasteiger partial charge in [0.2, 0.25) is 0 Å². The molecular formula is C9H7F2NO2. The Morgan fingerprint density at radius 1 is 1.36 bits per heavy atom. The van der Waals surface area contributed by atoms with E-state index in [-0.39, 0.29) is 6.61 Å². The van der Waals surface area contributed by atoms with E-state index in [4.69, 9.17) is 0 Å². The second-order valence-corrected chi connectivity index (χ2v) is 2.97.